The molecule has 0 N–H and O–H groups in total. The summed E-state index contributed by atoms with van der Waals surface area (Å²) in [5.41, 5.74) is 17.5. The van der Waals surface area contributed by atoms with Gasteiger partial charge in [-0.2, -0.15) is 0 Å². The van der Waals surface area contributed by atoms with Crippen LogP contribution in [0.3, 0.4) is 0 Å². The summed E-state index contributed by atoms with van der Waals surface area (Å²) in [7, 11) is 0. The summed E-state index contributed by atoms with van der Waals surface area (Å²) >= 11 is 0. The van der Waals surface area contributed by atoms with Crippen LogP contribution in [0, 0.1) is 0 Å². The van der Waals surface area contributed by atoms with Gasteiger partial charge in [-0.05, 0) is 104 Å². The SMILES string of the molecule is c1ccc2c(c1)-c1ccccc1C21c2ccccc2-c2cc(-c3ccc4c(c3)oc3cc(-n5c6ccccc6c6cccnc65)ccc34)ccc21. The topological polar surface area (TPSA) is 31.0 Å². The van der Waals surface area contributed by atoms with E-state index in [0.29, 0.717) is 0 Å². The normalized spacial score (nSPS) is 13.6. The molecule has 0 aliphatic heterocycles. The fourth-order valence-electron chi connectivity index (χ4n) is 9.42. The molecule has 0 saturated carbocycles. The van der Waals surface area contributed by atoms with Gasteiger partial charge in [-0.1, -0.05) is 109 Å². The van der Waals surface area contributed by atoms with Crippen molar-refractivity contribution in [2.75, 3.05) is 0 Å². The van der Waals surface area contributed by atoms with Gasteiger partial charge in [0.25, 0.3) is 0 Å². The van der Waals surface area contributed by atoms with Gasteiger partial charge in [0.05, 0.1) is 16.6 Å². The van der Waals surface area contributed by atoms with Crippen LogP contribution in [0.2, 0.25) is 0 Å². The molecule has 0 bridgehead atoms. The highest BCUT2D eigenvalue weighted by Crippen LogP contribution is 2.63. The van der Waals surface area contributed by atoms with Crippen LogP contribution < -0.4 is 0 Å². The Labute approximate surface area is 293 Å². The van der Waals surface area contributed by atoms with E-state index in [2.05, 4.69) is 162 Å². The average molecular weight is 649 g/mol. The van der Waals surface area contributed by atoms with Crippen molar-refractivity contribution in [2.24, 2.45) is 0 Å². The number of hydrogen-bond acceptors (Lipinski definition) is 2. The number of para-hydroxylation sites is 1. The second-order valence-electron chi connectivity index (χ2n) is 13.9. The van der Waals surface area contributed by atoms with Gasteiger partial charge in [-0.15, -0.1) is 0 Å². The van der Waals surface area contributed by atoms with Crippen LogP contribution in [0.5, 0.6) is 0 Å². The Morgan fingerprint density at radius 3 is 1.76 bits per heavy atom. The summed E-state index contributed by atoms with van der Waals surface area (Å²) < 4.78 is 8.88. The van der Waals surface area contributed by atoms with Crippen LogP contribution in [0.25, 0.3) is 82.9 Å². The van der Waals surface area contributed by atoms with Gasteiger partial charge in [0.2, 0.25) is 0 Å². The Bertz CT molecular complexity index is 3010. The maximum atomic E-state index is 6.65. The standard InChI is InChI=1S/C48H28N2O/c1-5-15-40-32(10-1)33-11-2-6-16-41(33)48(40)42-17-7-3-12-34(42)39-26-29(20-24-43(39)48)30-19-22-36-37-23-21-31(28-46(37)51-45(36)27-30)50-44-18-8-4-13-35(44)38-14-9-25-49-47(38)50/h1-28H. The van der Waals surface area contributed by atoms with Crippen molar-refractivity contribution in [3.05, 3.63) is 192 Å². The smallest absolute Gasteiger partial charge is 0.145 e. The van der Waals surface area contributed by atoms with E-state index in [4.69, 9.17) is 9.40 Å². The molecule has 3 aromatic heterocycles. The zero-order valence-corrected chi connectivity index (χ0v) is 27.5. The minimum Gasteiger partial charge on any atom is -0.456 e. The van der Waals surface area contributed by atoms with Crippen molar-refractivity contribution >= 4 is 43.9 Å². The Hall–Kier alpha value is -6.71. The number of rotatable bonds is 2. The first kappa shape index (κ1) is 27.2. The van der Waals surface area contributed by atoms with Crippen molar-refractivity contribution in [1.29, 1.82) is 0 Å². The Kier molecular flexibility index (Phi) is 5.17. The van der Waals surface area contributed by atoms with Crippen LogP contribution in [-0.2, 0) is 5.41 Å². The lowest BCUT2D eigenvalue weighted by Gasteiger charge is -2.30. The molecule has 0 amide bonds. The lowest BCUT2D eigenvalue weighted by molar-refractivity contribution is 0.669. The van der Waals surface area contributed by atoms with Crippen LogP contribution in [-0.4, -0.2) is 9.55 Å². The molecular weight excluding hydrogens is 621 g/mol. The molecular formula is C48H28N2O. The van der Waals surface area contributed by atoms with Gasteiger partial charge in [-0.25, -0.2) is 4.98 Å². The highest BCUT2D eigenvalue weighted by Gasteiger charge is 2.51. The first-order chi connectivity index (χ1) is 25.3. The van der Waals surface area contributed by atoms with Crippen molar-refractivity contribution in [2.45, 2.75) is 5.41 Å². The van der Waals surface area contributed by atoms with Crippen LogP contribution >= 0.6 is 0 Å². The lowest BCUT2D eigenvalue weighted by atomic mass is 9.70. The van der Waals surface area contributed by atoms with Gasteiger partial charge in [0, 0.05) is 33.8 Å². The summed E-state index contributed by atoms with van der Waals surface area (Å²) in [6, 6.07) is 59.8. The van der Waals surface area contributed by atoms with Gasteiger partial charge < -0.3 is 4.42 Å². The molecule has 2 aliphatic carbocycles. The van der Waals surface area contributed by atoms with E-state index < -0.39 is 0 Å². The zero-order chi connectivity index (χ0) is 33.3. The maximum absolute atomic E-state index is 6.65. The molecule has 0 saturated heterocycles. The summed E-state index contributed by atoms with van der Waals surface area (Å²) in [6.45, 7) is 0. The van der Waals surface area contributed by atoms with Crippen molar-refractivity contribution < 1.29 is 4.42 Å². The Morgan fingerprint density at radius 2 is 1.00 bits per heavy atom. The molecule has 2 aliphatic rings. The number of pyridine rings is 1. The number of nitrogens with zero attached hydrogens (tertiary/aromatic N) is 2. The Morgan fingerprint density at radius 1 is 0.431 bits per heavy atom. The molecule has 236 valence electrons. The molecule has 3 nitrogen and oxygen atoms in total. The zero-order valence-electron chi connectivity index (χ0n) is 27.5. The fourth-order valence-corrected chi connectivity index (χ4v) is 9.42. The molecule has 0 radical (unpaired) electrons. The van der Waals surface area contributed by atoms with E-state index in [9.17, 15) is 0 Å². The van der Waals surface area contributed by atoms with Crippen molar-refractivity contribution in [1.82, 2.24) is 9.55 Å². The number of hydrogen-bond donors (Lipinski definition) is 0. The van der Waals surface area contributed by atoms with Crippen LogP contribution in [0.1, 0.15) is 22.3 Å². The third-order valence-electron chi connectivity index (χ3n) is 11.5. The highest BCUT2D eigenvalue weighted by atomic mass is 16.3. The highest BCUT2D eigenvalue weighted by molar-refractivity contribution is 6.09. The van der Waals surface area contributed by atoms with E-state index in [1.54, 1.807) is 0 Å². The second kappa shape index (κ2) is 9.71. The predicted molar refractivity (Wildman–Crippen MR) is 208 cm³/mol. The molecule has 0 unspecified atom stereocenters. The number of fused-ring (bicyclic) bond motifs is 16. The summed E-state index contributed by atoms with van der Waals surface area (Å²) in [6.07, 6.45) is 1.86. The molecule has 1 spiro atoms. The summed E-state index contributed by atoms with van der Waals surface area (Å²) in [4.78, 5) is 4.78. The van der Waals surface area contributed by atoms with Gasteiger partial charge in [0.15, 0.2) is 0 Å². The fraction of sp³-hybridized carbons (Fsp3) is 0.0208. The minimum absolute atomic E-state index is 0.329. The molecule has 0 fully saturated rings. The third kappa shape index (κ3) is 3.40. The van der Waals surface area contributed by atoms with E-state index in [0.717, 1.165) is 49.7 Å². The Balaban J connectivity index is 1.01. The first-order valence-electron chi connectivity index (χ1n) is 17.5. The molecule has 7 aromatic carbocycles. The van der Waals surface area contributed by atoms with Crippen LogP contribution in [0.4, 0.5) is 0 Å². The molecule has 51 heavy (non-hydrogen) atoms. The summed E-state index contributed by atoms with van der Waals surface area (Å²) in [5, 5.41) is 4.56. The van der Waals surface area contributed by atoms with E-state index in [-0.39, 0.29) is 5.41 Å². The third-order valence-corrected chi connectivity index (χ3v) is 11.5. The minimum atomic E-state index is -0.329. The first-order valence-corrected chi connectivity index (χ1v) is 17.5. The number of furan rings is 1. The molecule has 12 rings (SSSR count). The summed E-state index contributed by atoms with van der Waals surface area (Å²) in [5.74, 6) is 0. The lowest BCUT2D eigenvalue weighted by Crippen LogP contribution is -2.25. The number of aromatic nitrogens is 2. The van der Waals surface area contributed by atoms with E-state index >= 15 is 0 Å². The van der Waals surface area contributed by atoms with Crippen LogP contribution in [0.15, 0.2) is 174 Å². The predicted octanol–water partition coefficient (Wildman–Crippen LogP) is 12.1. The average Bonchev–Trinajstić information content (AvgIpc) is 3.91. The van der Waals surface area contributed by atoms with Gasteiger partial charge in [0.1, 0.15) is 16.8 Å². The molecule has 10 aromatic rings. The monoisotopic (exact) mass is 648 g/mol. The van der Waals surface area contributed by atoms with Gasteiger partial charge in [-0.3, -0.25) is 4.57 Å². The van der Waals surface area contributed by atoms with Crippen molar-refractivity contribution in [3.63, 3.8) is 0 Å². The van der Waals surface area contributed by atoms with E-state index in [1.807, 2.05) is 12.3 Å². The largest absolute Gasteiger partial charge is 0.456 e. The molecule has 3 heteroatoms. The van der Waals surface area contributed by atoms with Crippen molar-refractivity contribution in [3.8, 4) is 39.1 Å². The number of benzene rings is 7. The molecule has 0 atom stereocenters. The molecule has 3 heterocycles. The van der Waals surface area contributed by atoms with E-state index in [1.165, 1.54) is 55.5 Å². The quantitative estimate of drug-likeness (QED) is 0.187. The second-order valence-corrected chi connectivity index (χ2v) is 13.9. The maximum Gasteiger partial charge on any atom is 0.145 e. The van der Waals surface area contributed by atoms with Gasteiger partial charge >= 0.3 is 0 Å².